The first kappa shape index (κ1) is 25.8. The molecule has 10 heteroatoms. The zero-order chi connectivity index (χ0) is 23.8. The summed E-state index contributed by atoms with van der Waals surface area (Å²) in [5.74, 6) is -27.0. The van der Waals surface area contributed by atoms with Gasteiger partial charge in [0.15, 0.2) is 0 Å². The smallest absolute Gasteiger partial charge is 0.411 e. The maximum Gasteiger partial charge on any atom is 0.411 e. The molecule has 0 aliphatic rings. The lowest BCUT2D eigenvalue weighted by Gasteiger charge is -2.32. The number of hydrogen-bond acceptors (Lipinski definition) is 4. The van der Waals surface area contributed by atoms with Crippen LogP contribution in [0.15, 0.2) is 12.1 Å². The number of carbonyl (C=O) groups is 2. The molecule has 1 aromatic rings. The summed E-state index contributed by atoms with van der Waals surface area (Å²) < 4.78 is 86.2. The number of aliphatic carboxylic acids is 1. The van der Waals surface area contributed by atoms with Gasteiger partial charge in [0.1, 0.15) is 11.7 Å². The van der Waals surface area contributed by atoms with Crippen LogP contribution in [0.5, 0.6) is 5.75 Å². The molecule has 0 atom stereocenters. The molecule has 0 aliphatic heterocycles. The van der Waals surface area contributed by atoms with Crippen molar-refractivity contribution < 1.29 is 45.8 Å². The van der Waals surface area contributed by atoms with E-state index >= 15 is 0 Å². The molecule has 0 aromatic heterocycles. The van der Waals surface area contributed by atoms with Gasteiger partial charge in [0.2, 0.25) is 0 Å². The molecule has 30 heavy (non-hydrogen) atoms. The minimum atomic E-state index is -6.58. The highest BCUT2D eigenvalue weighted by Gasteiger charge is 2.76. The lowest BCUT2D eigenvalue weighted by molar-refractivity contribution is -0.365. The highest BCUT2D eigenvalue weighted by Crippen LogP contribution is 2.47. The number of carboxylic acids is 1. The molecule has 0 aliphatic carbocycles. The number of carbonyl (C=O) groups excluding carboxylic acids is 2. The molecule has 1 rings (SSSR count). The zero-order valence-corrected chi connectivity index (χ0v) is 17.3. The van der Waals surface area contributed by atoms with Gasteiger partial charge in [-0.2, -0.15) is 26.3 Å². The van der Waals surface area contributed by atoms with Crippen LogP contribution in [0.1, 0.15) is 76.0 Å². The number of alkyl halides is 6. The number of ether oxygens (including phenoxy) is 1. The second kappa shape index (κ2) is 8.47. The van der Waals surface area contributed by atoms with E-state index in [-0.39, 0.29) is 17.0 Å². The summed E-state index contributed by atoms with van der Waals surface area (Å²) >= 11 is 0. The van der Waals surface area contributed by atoms with E-state index in [2.05, 4.69) is 4.74 Å². The normalized spacial score (nSPS) is 13.3. The Labute approximate surface area is 170 Å². The Morgan fingerprint density at radius 1 is 0.800 bits per heavy atom. The lowest BCUT2D eigenvalue weighted by atomic mass is 9.88. The number of halogens is 6. The van der Waals surface area contributed by atoms with Crippen molar-refractivity contribution in [2.75, 3.05) is 0 Å². The standard InChI is InChI=1S/C20H24F6O4/c1-9(2)12-7-13(10(3)4)15(14(8-12)11(5)6)30-17(29)19(23,24)20(25,26)18(21,22)16(27)28/h7-11H,1-6H3,(H,27,28)/p-1. The third-order valence-corrected chi connectivity index (χ3v) is 4.58. The Kier molecular flexibility index (Phi) is 7.28. The molecule has 170 valence electrons. The van der Waals surface area contributed by atoms with Gasteiger partial charge in [-0.3, -0.25) is 0 Å². The summed E-state index contributed by atoms with van der Waals surface area (Å²) in [6, 6.07) is 3.10. The van der Waals surface area contributed by atoms with Crippen molar-refractivity contribution in [3.63, 3.8) is 0 Å². The first-order chi connectivity index (χ1) is 13.4. The molecule has 4 nitrogen and oxygen atoms in total. The molecule has 0 heterocycles. The van der Waals surface area contributed by atoms with Gasteiger partial charge >= 0.3 is 23.7 Å². The van der Waals surface area contributed by atoms with Crippen molar-refractivity contribution in [1.29, 1.82) is 0 Å². The van der Waals surface area contributed by atoms with E-state index in [0.29, 0.717) is 0 Å². The Morgan fingerprint density at radius 3 is 1.50 bits per heavy atom. The summed E-state index contributed by atoms with van der Waals surface area (Å²) in [4.78, 5) is 22.2. The van der Waals surface area contributed by atoms with Crippen LogP contribution in [-0.2, 0) is 9.59 Å². The van der Waals surface area contributed by atoms with Crippen molar-refractivity contribution in [3.05, 3.63) is 28.8 Å². The third-order valence-electron chi connectivity index (χ3n) is 4.58. The summed E-state index contributed by atoms with van der Waals surface area (Å²) in [6.07, 6.45) is 0. The van der Waals surface area contributed by atoms with E-state index in [1.54, 1.807) is 39.8 Å². The molecular formula is C20H23F6O4-. The van der Waals surface area contributed by atoms with Crippen molar-refractivity contribution >= 4 is 11.9 Å². The monoisotopic (exact) mass is 441 g/mol. The number of hydrogen-bond donors (Lipinski definition) is 0. The number of carboxylic acid groups (broad SMARTS) is 1. The number of esters is 1. The second-order valence-corrected chi connectivity index (χ2v) is 7.89. The van der Waals surface area contributed by atoms with E-state index in [4.69, 9.17) is 0 Å². The molecule has 0 radical (unpaired) electrons. The van der Waals surface area contributed by atoms with Crippen LogP contribution in [0.25, 0.3) is 0 Å². The second-order valence-electron chi connectivity index (χ2n) is 7.89. The van der Waals surface area contributed by atoms with Crippen LogP contribution in [0.4, 0.5) is 26.3 Å². The van der Waals surface area contributed by atoms with E-state index in [0.717, 1.165) is 5.56 Å². The fourth-order valence-electron chi connectivity index (χ4n) is 2.62. The quantitative estimate of drug-likeness (QED) is 0.336. The number of benzene rings is 1. The average Bonchev–Trinajstić information content (AvgIpc) is 2.60. The fraction of sp³-hybridized carbons (Fsp3) is 0.600. The van der Waals surface area contributed by atoms with Gasteiger partial charge < -0.3 is 14.6 Å². The average molecular weight is 441 g/mol. The van der Waals surface area contributed by atoms with Crippen LogP contribution in [-0.4, -0.2) is 29.7 Å². The predicted octanol–water partition coefficient (Wildman–Crippen LogP) is 4.62. The highest BCUT2D eigenvalue weighted by atomic mass is 19.3. The van der Waals surface area contributed by atoms with Gasteiger partial charge in [0.05, 0.1) is 0 Å². The Bertz CT molecular complexity index is 787. The Morgan fingerprint density at radius 2 is 1.20 bits per heavy atom. The van der Waals surface area contributed by atoms with Gasteiger partial charge in [0, 0.05) is 0 Å². The molecule has 0 saturated heterocycles. The molecule has 1 aromatic carbocycles. The minimum Gasteiger partial charge on any atom is -0.544 e. The Balaban J connectivity index is 3.58. The molecule has 0 N–H and O–H groups in total. The number of rotatable bonds is 8. The van der Waals surface area contributed by atoms with Crippen molar-refractivity contribution in [2.45, 2.75) is 77.1 Å². The topological polar surface area (TPSA) is 66.4 Å². The molecule has 0 fully saturated rings. The van der Waals surface area contributed by atoms with Gasteiger partial charge in [0.25, 0.3) is 0 Å². The van der Waals surface area contributed by atoms with E-state index in [1.807, 2.05) is 13.8 Å². The van der Waals surface area contributed by atoms with Crippen molar-refractivity contribution in [1.82, 2.24) is 0 Å². The van der Waals surface area contributed by atoms with Gasteiger partial charge in [-0.1, -0.05) is 53.7 Å². The molecule has 0 saturated carbocycles. The van der Waals surface area contributed by atoms with Crippen molar-refractivity contribution in [2.24, 2.45) is 0 Å². The van der Waals surface area contributed by atoms with Crippen LogP contribution in [0.2, 0.25) is 0 Å². The summed E-state index contributed by atoms with van der Waals surface area (Å²) in [7, 11) is 0. The molecule has 0 bridgehead atoms. The largest absolute Gasteiger partial charge is 0.544 e. The van der Waals surface area contributed by atoms with Gasteiger partial charge in [-0.25, -0.2) is 4.79 Å². The van der Waals surface area contributed by atoms with Crippen LogP contribution < -0.4 is 9.84 Å². The Hall–Kier alpha value is -2.26. The van der Waals surface area contributed by atoms with Crippen LogP contribution >= 0.6 is 0 Å². The first-order valence-corrected chi connectivity index (χ1v) is 9.14. The lowest BCUT2D eigenvalue weighted by Crippen LogP contribution is -2.64. The fourth-order valence-corrected chi connectivity index (χ4v) is 2.62. The van der Waals surface area contributed by atoms with Crippen LogP contribution in [0, 0.1) is 0 Å². The molecule has 0 amide bonds. The van der Waals surface area contributed by atoms with Crippen molar-refractivity contribution in [3.8, 4) is 5.75 Å². The van der Waals surface area contributed by atoms with Gasteiger partial charge in [-0.05, 0) is 34.4 Å². The SMILES string of the molecule is CC(C)c1cc(C(C)C)c(OC(=O)C(F)(F)C(F)(F)C(F)(F)C(=O)[O-])c(C(C)C)c1. The zero-order valence-electron chi connectivity index (χ0n) is 17.3. The molecule has 0 spiro atoms. The van der Waals surface area contributed by atoms with E-state index < -0.39 is 47.3 Å². The third kappa shape index (κ3) is 4.41. The molecule has 0 unspecified atom stereocenters. The summed E-state index contributed by atoms with van der Waals surface area (Å²) in [5.41, 5.74) is 1.25. The predicted molar refractivity (Wildman–Crippen MR) is 94.2 cm³/mol. The maximum atomic E-state index is 14.0. The minimum absolute atomic E-state index is 0.00251. The molecular weight excluding hydrogens is 418 g/mol. The van der Waals surface area contributed by atoms with E-state index in [1.165, 1.54) is 0 Å². The maximum absolute atomic E-state index is 14.0. The van der Waals surface area contributed by atoms with Crippen LogP contribution in [0.3, 0.4) is 0 Å². The first-order valence-electron chi connectivity index (χ1n) is 9.14. The van der Waals surface area contributed by atoms with Gasteiger partial charge in [-0.15, -0.1) is 0 Å². The van der Waals surface area contributed by atoms with E-state index in [9.17, 15) is 41.0 Å². The highest BCUT2D eigenvalue weighted by molar-refractivity contribution is 5.85. The summed E-state index contributed by atoms with van der Waals surface area (Å²) in [5, 5.41) is 10.3. The summed E-state index contributed by atoms with van der Waals surface area (Å²) in [6.45, 7) is 10.3.